The number of hydrogen-bond donors (Lipinski definition) is 1. The topological polar surface area (TPSA) is 62.1 Å². The molecule has 0 fully saturated rings. The minimum atomic E-state index is -4.52. The molecule has 0 saturated heterocycles. The van der Waals surface area contributed by atoms with Crippen LogP contribution in [0.3, 0.4) is 0 Å². The van der Waals surface area contributed by atoms with Crippen LogP contribution in [-0.2, 0) is 17.4 Å². The van der Waals surface area contributed by atoms with E-state index in [1.165, 1.54) is 18.2 Å². The number of fused-ring (bicyclic) bond motifs is 1. The van der Waals surface area contributed by atoms with Crippen molar-refractivity contribution in [3.63, 3.8) is 0 Å². The van der Waals surface area contributed by atoms with Crippen molar-refractivity contribution in [2.75, 3.05) is 5.32 Å². The van der Waals surface area contributed by atoms with E-state index < -0.39 is 17.6 Å². The number of carbonyl (C=O) groups excluding carboxylic acids is 1. The molecule has 0 radical (unpaired) electrons. The monoisotopic (exact) mass is 372 g/mol. The van der Waals surface area contributed by atoms with Crippen molar-refractivity contribution in [3.05, 3.63) is 64.7 Å². The normalized spacial score (nSPS) is 16.3. The highest BCUT2D eigenvalue weighted by Crippen LogP contribution is 2.31. The van der Waals surface area contributed by atoms with Gasteiger partial charge in [0.1, 0.15) is 23.5 Å². The summed E-state index contributed by atoms with van der Waals surface area (Å²) in [5, 5.41) is 11.6. The standard InChI is InChI=1S/C20H15F3N2O2/c1-12-7-14-8-13(5-6-18(14)27-12)9-15(11-24)19(26)25-17-4-2-3-16(10-17)20(21,22)23/h2-6,8-10,12H,7H2,1H3,(H,25,26)/b15-9-. The first-order valence-corrected chi connectivity index (χ1v) is 8.16. The number of amides is 1. The second-order valence-corrected chi connectivity index (χ2v) is 6.20. The first kappa shape index (κ1) is 18.5. The predicted octanol–water partition coefficient (Wildman–Crippen LogP) is 4.57. The summed E-state index contributed by atoms with van der Waals surface area (Å²) in [7, 11) is 0. The lowest BCUT2D eigenvalue weighted by atomic mass is 10.0. The van der Waals surface area contributed by atoms with Crippen molar-refractivity contribution >= 4 is 17.7 Å². The summed E-state index contributed by atoms with van der Waals surface area (Å²) in [4.78, 5) is 12.3. The summed E-state index contributed by atoms with van der Waals surface area (Å²) in [5.41, 5.74) is 0.496. The summed E-state index contributed by atoms with van der Waals surface area (Å²) in [5.74, 6) is -0.00600. The molecule has 0 bridgehead atoms. The van der Waals surface area contributed by atoms with Gasteiger partial charge in [-0.05, 0) is 54.5 Å². The van der Waals surface area contributed by atoms with Gasteiger partial charge in [-0.15, -0.1) is 0 Å². The van der Waals surface area contributed by atoms with Crippen LogP contribution in [0.2, 0.25) is 0 Å². The fraction of sp³-hybridized carbons (Fsp3) is 0.200. The number of carbonyl (C=O) groups is 1. The molecule has 0 aromatic heterocycles. The summed E-state index contributed by atoms with van der Waals surface area (Å²) in [6.07, 6.45) is -2.32. The first-order chi connectivity index (χ1) is 12.8. The van der Waals surface area contributed by atoms with Crippen LogP contribution in [0, 0.1) is 11.3 Å². The van der Waals surface area contributed by atoms with Crippen LogP contribution in [0.5, 0.6) is 5.75 Å². The van der Waals surface area contributed by atoms with E-state index in [1.807, 2.05) is 13.0 Å². The second kappa shape index (κ2) is 7.16. The quantitative estimate of drug-likeness (QED) is 0.634. The molecule has 1 aliphatic rings. The zero-order valence-corrected chi connectivity index (χ0v) is 14.3. The van der Waals surface area contributed by atoms with E-state index in [0.29, 0.717) is 5.56 Å². The molecule has 1 unspecified atom stereocenters. The minimum absolute atomic E-state index is 0.0350. The van der Waals surface area contributed by atoms with Gasteiger partial charge in [0.15, 0.2) is 0 Å². The third kappa shape index (κ3) is 4.29. The van der Waals surface area contributed by atoms with E-state index in [2.05, 4.69) is 5.32 Å². The second-order valence-electron chi connectivity index (χ2n) is 6.20. The average molecular weight is 372 g/mol. The van der Waals surface area contributed by atoms with Crippen LogP contribution >= 0.6 is 0 Å². The Bertz CT molecular complexity index is 958. The van der Waals surface area contributed by atoms with Gasteiger partial charge < -0.3 is 10.1 Å². The summed E-state index contributed by atoms with van der Waals surface area (Å²) < 4.78 is 43.9. The van der Waals surface area contributed by atoms with Crippen molar-refractivity contribution in [1.82, 2.24) is 0 Å². The number of hydrogen-bond acceptors (Lipinski definition) is 3. The van der Waals surface area contributed by atoms with Crippen molar-refractivity contribution in [3.8, 4) is 11.8 Å². The highest BCUT2D eigenvalue weighted by atomic mass is 19.4. The number of nitrogens with zero attached hydrogens (tertiary/aromatic N) is 1. The van der Waals surface area contributed by atoms with Crippen LogP contribution in [0.4, 0.5) is 18.9 Å². The third-order valence-electron chi connectivity index (χ3n) is 4.04. The molecule has 138 valence electrons. The minimum Gasteiger partial charge on any atom is -0.490 e. The number of benzene rings is 2. The van der Waals surface area contributed by atoms with Crippen LogP contribution in [0.15, 0.2) is 48.0 Å². The van der Waals surface area contributed by atoms with Crippen molar-refractivity contribution in [1.29, 1.82) is 5.26 Å². The van der Waals surface area contributed by atoms with E-state index in [0.717, 1.165) is 29.9 Å². The van der Waals surface area contributed by atoms with Gasteiger partial charge in [-0.1, -0.05) is 12.1 Å². The zero-order chi connectivity index (χ0) is 19.6. The van der Waals surface area contributed by atoms with Gasteiger partial charge in [0.25, 0.3) is 5.91 Å². The van der Waals surface area contributed by atoms with Crippen molar-refractivity contribution in [2.45, 2.75) is 25.6 Å². The SMILES string of the molecule is CC1Cc2cc(/C=C(/C#N)C(=O)Nc3cccc(C(F)(F)F)c3)ccc2O1. The van der Waals surface area contributed by atoms with E-state index in [9.17, 15) is 23.2 Å². The third-order valence-corrected chi connectivity index (χ3v) is 4.04. The molecule has 27 heavy (non-hydrogen) atoms. The number of alkyl halides is 3. The molecule has 2 aromatic carbocycles. The number of ether oxygens (including phenoxy) is 1. The molecule has 3 rings (SSSR count). The fourth-order valence-electron chi connectivity index (χ4n) is 2.82. The van der Waals surface area contributed by atoms with Crippen LogP contribution in [0.25, 0.3) is 6.08 Å². The maximum atomic E-state index is 12.8. The summed E-state index contributed by atoms with van der Waals surface area (Å²) >= 11 is 0. The van der Waals surface area contributed by atoms with Crippen LogP contribution in [-0.4, -0.2) is 12.0 Å². The first-order valence-electron chi connectivity index (χ1n) is 8.16. The van der Waals surface area contributed by atoms with Crippen LogP contribution in [0.1, 0.15) is 23.6 Å². The predicted molar refractivity (Wildman–Crippen MR) is 93.9 cm³/mol. The highest BCUT2D eigenvalue weighted by molar-refractivity contribution is 6.09. The Hall–Kier alpha value is -3.27. The zero-order valence-electron chi connectivity index (χ0n) is 14.3. The highest BCUT2D eigenvalue weighted by Gasteiger charge is 2.30. The van der Waals surface area contributed by atoms with Gasteiger partial charge in [-0.3, -0.25) is 4.79 Å². The summed E-state index contributed by atoms with van der Waals surface area (Å²) in [6, 6.07) is 11.3. The molecule has 0 spiro atoms. The van der Waals surface area contributed by atoms with Crippen LogP contribution < -0.4 is 10.1 Å². The van der Waals surface area contributed by atoms with Gasteiger partial charge in [-0.25, -0.2) is 0 Å². The lowest BCUT2D eigenvalue weighted by Crippen LogP contribution is -2.14. The van der Waals surface area contributed by atoms with Gasteiger partial charge in [-0.2, -0.15) is 18.4 Å². The lowest BCUT2D eigenvalue weighted by molar-refractivity contribution is -0.137. The maximum Gasteiger partial charge on any atom is 0.416 e. The molecule has 4 nitrogen and oxygen atoms in total. The Kier molecular flexibility index (Phi) is 4.91. The average Bonchev–Trinajstić information content (AvgIpc) is 2.98. The molecular formula is C20H15F3N2O2. The lowest BCUT2D eigenvalue weighted by Gasteiger charge is -2.09. The smallest absolute Gasteiger partial charge is 0.416 e. The molecule has 7 heteroatoms. The Morgan fingerprint density at radius 1 is 1.30 bits per heavy atom. The molecule has 0 aliphatic carbocycles. The molecule has 1 N–H and O–H groups in total. The summed E-state index contributed by atoms with van der Waals surface area (Å²) in [6.45, 7) is 1.94. The molecule has 1 aliphatic heterocycles. The van der Waals surface area contributed by atoms with Gasteiger partial charge >= 0.3 is 6.18 Å². The number of rotatable bonds is 3. The Labute approximate surface area is 153 Å². The molecule has 1 heterocycles. The molecule has 1 atom stereocenters. The Balaban J connectivity index is 1.80. The molecule has 0 saturated carbocycles. The maximum absolute atomic E-state index is 12.8. The van der Waals surface area contributed by atoms with Crippen molar-refractivity contribution < 1.29 is 22.7 Å². The van der Waals surface area contributed by atoms with E-state index in [-0.39, 0.29) is 17.4 Å². The Morgan fingerprint density at radius 3 is 2.78 bits per heavy atom. The Morgan fingerprint density at radius 2 is 2.07 bits per heavy atom. The van der Waals surface area contributed by atoms with Gasteiger partial charge in [0, 0.05) is 12.1 Å². The van der Waals surface area contributed by atoms with Crippen molar-refractivity contribution in [2.24, 2.45) is 0 Å². The van der Waals surface area contributed by atoms with E-state index in [4.69, 9.17) is 4.74 Å². The fourth-order valence-corrected chi connectivity index (χ4v) is 2.82. The number of halogens is 3. The number of nitriles is 1. The van der Waals surface area contributed by atoms with E-state index in [1.54, 1.807) is 18.2 Å². The molecular weight excluding hydrogens is 357 g/mol. The molecule has 2 aromatic rings. The van der Waals surface area contributed by atoms with Gasteiger partial charge in [0.05, 0.1) is 5.56 Å². The van der Waals surface area contributed by atoms with E-state index >= 15 is 0 Å². The largest absolute Gasteiger partial charge is 0.490 e. The number of anilines is 1. The van der Waals surface area contributed by atoms with Gasteiger partial charge in [0.2, 0.25) is 0 Å². The number of nitrogens with one attached hydrogen (secondary N) is 1. The molecule has 1 amide bonds.